The predicted molar refractivity (Wildman–Crippen MR) is 70.9 cm³/mol. The zero-order valence-corrected chi connectivity index (χ0v) is 11.2. The number of nitrogens with one attached hydrogen (secondary N) is 2. The topological polar surface area (TPSA) is 41.1 Å². The average molecular weight is 244 g/mol. The van der Waals surface area contributed by atoms with Crippen LogP contribution in [0.2, 0.25) is 0 Å². The van der Waals surface area contributed by atoms with E-state index in [-0.39, 0.29) is 5.91 Å². The molecule has 3 nitrogen and oxygen atoms in total. The van der Waals surface area contributed by atoms with Crippen molar-refractivity contribution in [3.8, 4) is 0 Å². The molecule has 1 rings (SSSR count). The van der Waals surface area contributed by atoms with Gasteiger partial charge in [-0.05, 0) is 37.7 Å². The van der Waals surface area contributed by atoms with Gasteiger partial charge < -0.3 is 10.6 Å². The van der Waals surface area contributed by atoms with E-state index in [2.05, 4.69) is 24.5 Å². The Morgan fingerprint density at radius 3 is 2.75 bits per heavy atom. The molecule has 1 aliphatic heterocycles. The lowest BCUT2D eigenvalue weighted by Gasteiger charge is -2.22. The third-order valence-electron chi connectivity index (χ3n) is 2.90. The Balaban J connectivity index is 2.09. The van der Waals surface area contributed by atoms with E-state index >= 15 is 0 Å². The molecule has 1 saturated heterocycles. The van der Waals surface area contributed by atoms with Crippen molar-refractivity contribution in [2.45, 2.75) is 51.6 Å². The number of carbonyl (C=O) groups excluding carboxylic acids is 1. The van der Waals surface area contributed by atoms with Gasteiger partial charge >= 0.3 is 0 Å². The summed E-state index contributed by atoms with van der Waals surface area (Å²) in [6.45, 7) is 4.68. The van der Waals surface area contributed by atoms with Crippen LogP contribution in [0.5, 0.6) is 0 Å². The summed E-state index contributed by atoms with van der Waals surface area (Å²) in [5, 5.41) is 6.36. The predicted octanol–water partition coefficient (Wildman–Crippen LogP) is 1.78. The van der Waals surface area contributed by atoms with Crippen LogP contribution < -0.4 is 10.6 Å². The van der Waals surface area contributed by atoms with Crippen LogP contribution in [0.3, 0.4) is 0 Å². The molecule has 0 aromatic carbocycles. The second-order valence-corrected chi connectivity index (χ2v) is 5.75. The molecule has 0 bridgehead atoms. The quantitative estimate of drug-likeness (QED) is 0.748. The zero-order chi connectivity index (χ0) is 11.8. The van der Waals surface area contributed by atoms with Gasteiger partial charge in [0, 0.05) is 12.1 Å². The lowest BCUT2D eigenvalue weighted by Crippen LogP contribution is -2.43. The molecular weight excluding hydrogens is 220 g/mol. The van der Waals surface area contributed by atoms with E-state index in [1.165, 1.54) is 24.3 Å². The van der Waals surface area contributed by atoms with Crippen molar-refractivity contribution in [2.24, 2.45) is 0 Å². The highest BCUT2D eigenvalue weighted by Gasteiger charge is 2.14. The summed E-state index contributed by atoms with van der Waals surface area (Å²) in [5.41, 5.74) is 0. The lowest BCUT2D eigenvalue weighted by molar-refractivity contribution is -0.121. The van der Waals surface area contributed by atoms with Gasteiger partial charge in [0.2, 0.25) is 5.91 Å². The minimum atomic E-state index is 0.138. The number of rotatable bonds is 6. The van der Waals surface area contributed by atoms with Crippen LogP contribution >= 0.6 is 11.8 Å². The molecule has 0 radical (unpaired) electrons. The van der Waals surface area contributed by atoms with Gasteiger partial charge in [-0.25, -0.2) is 0 Å². The molecule has 0 aliphatic carbocycles. The van der Waals surface area contributed by atoms with Crippen molar-refractivity contribution in [1.29, 1.82) is 0 Å². The largest absolute Gasteiger partial charge is 0.353 e. The lowest BCUT2D eigenvalue weighted by atomic mass is 10.1. The van der Waals surface area contributed by atoms with Crippen LogP contribution in [0.25, 0.3) is 0 Å². The van der Waals surface area contributed by atoms with Crippen LogP contribution in [0, 0.1) is 0 Å². The van der Waals surface area contributed by atoms with Crippen LogP contribution in [0.1, 0.15) is 39.5 Å². The number of hydrogen-bond acceptors (Lipinski definition) is 3. The van der Waals surface area contributed by atoms with E-state index in [1.54, 1.807) is 0 Å². The van der Waals surface area contributed by atoms with Gasteiger partial charge in [-0.15, -0.1) is 0 Å². The van der Waals surface area contributed by atoms with E-state index in [0.717, 1.165) is 12.8 Å². The van der Waals surface area contributed by atoms with Crippen molar-refractivity contribution >= 4 is 17.7 Å². The summed E-state index contributed by atoms with van der Waals surface area (Å²) < 4.78 is 0. The molecule has 0 spiro atoms. The van der Waals surface area contributed by atoms with Crippen LogP contribution in [0.4, 0.5) is 0 Å². The highest BCUT2D eigenvalue weighted by atomic mass is 32.2. The Morgan fingerprint density at radius 2 is 2.12 bits per heavy atom. The number of hydrogen-bond donors (Lipinski definition) is 2. The molecular formula is C12H24N2OS. The Hall–Kier alpha value is -0.220. The Labute approximate surface area is 103 Å². The molecule has 1 atom stereocenters. The van der Waals surface area contributed by atoms with Crippen molar-refractivity contribution in [1.82, 2.24) is 10.6 Å². The number of carbonyl (C=O) groups is 1. The maximum absolute atomic E-state index is 11.6. The molecule has 1 fully saturated rings. The van der Waals surface area contributed by atoms with Crippen LogP contribution in [0.15, 0.2) is 0 Å². The minimum absolute atomic E-state index is 0.138. The fraction of sp³-hybridized carbons (Fsp3) is 0.917. The summed E-state index contributed by atoms with van der Waals surface area (Å²) in [5.74, 6) is 2.59. The standard InChI is InChI=1S/C12H24N2OS/c1-3-4-10(2)14-12(15)9-13-11-5-7-16-8-6-11/h10-11,13H,3-9H2,1-2H3,(H,14,15). The van der Waals surface area contributed by atoms with E-state index in [9.17, 15) is 4.79 Å². The molecule has 1 unspecified atom stereocenters. The SMILES string of the molecule is CCCC(C)NC(=O)CNC1CCSCC1. The molecule has 1 heterocycles. The minimum Gasteiger partial charge on any atom is -0.353 e. The molecule has 0 aromatic heterocycles. The van der Waals surface area contributed by atoms with Crippen molar-refractivity contribution in [2.75, 3.05) is 18.1 Å². The summed E-state index contributed by atoms with van der Waals surface area (Å²) in [7, 11) is 0. The highest BCUT2D eigenvalue weighted by molar-refractivity contribution is 7.99. The summed E-state index contributed by atoms with van der Waals surface area (Å²) in [6, 6.07) is 0.856. The second kappa shape index (κ2) is 7.96. The molecule has 94 valence electrons. The van der Waals surface area contributed by atoms with Crippen molar-refractivity contribution in [3.05, 3.63) is 0 Å². The first-order chi connectivity index (χ1) is 7.72. The zero-order valence-electron chi connectivity index (χ0n) is 10.4. The van der Waals surface area contributed by atoms with Gasteiger partial charge in [-0.3, -0.25) is 4.79 Å². The molecule has 0 aromatic rings. The van der Waals surface area contributed by atoms with Gasteiger partial charge in [0.05, 0.1) is 6.54 Å². The highest BCUT2D eigenvalue weighted by Crippen LogP contribution is 2.16. The van der Waals surface area contributed by atoms with Crippen molar-refractivity contribution in [3.63, 3.8) is 0 Å². The first kappa shape index (κ1) is 13.8. The molecule has 2 N–H and O–H groups in total. The van der Waals surface area contributed by atoms with Gasteiger partial charge in [0.25, 0.3) is 0 Å². The summed E-state index contributed by atoms with van der Waals surface area (Å²) >= 11 is 2.01. The fourth-order valence-corrected chi connectivity index (χ4v) is 3.08. The third kappa shape index (κ3) is 5.75. The first-order valence-electron chi connectivity index (χ1n) is 6.33. The van der Waals surface area contributed by atoms with Gasteiger partial charge in [-0.2, -0.15) is 11.8 Å². The molecule has 1 aliphatic rings. The molecule has 0 saturated carbocycles. The Bertz CT molecular complexity index is 205. The van der Waals surface area contributed by atoms with E-state index in [4.69, 9.17) is 0 Å². The van der Waals surface area contributed by atoms with Crippen LogP contribution in [-0.2, 0) is 4.79 Å². The molecule has 4 heteroatoms. The maximum atomic E-state index is 11.6. The van der Waals surface area contributed by atoms with Gasteiger partial charge in [0.15, 0.2) is 0 Å². The van der Waals surface area contributed by atoms with Gasteiger partial charge in [0.1, 0.15) is 0 Å². The smallest absolute Gasteiger partial charge is 0.234 e. The van der Waals surface area contributed by atoms with E-state index in [1.807, 2.05) is 11.8 Å². The number of amides is 1. The van der Waals surface area contributed by atoms with Crippen LogP contribution in [-0.4, -0.2) is 36.0 Å². The maximum Gasteiger partial charge on any atom is 0.234 e. The van der Waals surface area contributed by atoms with E-state index in [0.29, 0.717) is 18.6 Å². The van der Waals surface area contributed by atoms with Crippen molar-refractivity contribution < 1.29 is 4.79 Å². The summed E-state index contributed by atoms with van der Waals surface area (Å²) in [6.07, 6.45) is 4.57. The fourth-order valence-electron chi connectivity index (χ4n) is 1.97. The number of thioether (sulfide) groups is 1. The average Bonchev–Trinajstić information content (AvgIpc) is 2.28. The molecule has 16 heavy (non-hydrogen) atoms. The Morgan fingerprint density at radius 1 is 1.44 bits per heavy atom. The molecule has 1 amide bonds. The van der Waals surface area contributed by atoms with Gasteiger partial charge in [-0.1, -0.05) is 13.3 Å². The summed E-state index contributed by atoms with van der Waals surface area (Å²) in [4.78, 5) is 11.6. The first-order valence-corrected chi connectivity index (χ1v) is 7.48. The third-order valence-corrected chi connectivity index (χ3v) is 3.95. The Kier molecular flexibility index (Phi) is 6.88. The second-order valence-electron chi connectivity index (χ2n) is 4.52. The normalized spacial score (nSPS) is 19.4. The monoisotopic (exact) mass is 244 g/mol. The van der Waals surface area contributed by atoms with E-state index < -0.39 is 0 Å².